The molecule has 0 aliphatic carbocycles. The first-order valence-corrected chi connectivity index (χ1v) is 7.52. The first-order chi connectivity index (χ1) is 11.8. The van der Waals surface area contributed by atoms with Gasteiger partial charge in [0.2, 0.25) is 12.8 Å². The minimum Gasteiger partial charge on any atom is -0.284 e. The van der Waals surface area contributed by atoms with E-state index in [0.717, 1.165) is 35.6 Å². The molecular formula is C20H16N2O2. The third kappa shape index (κ3) is 3.17. The second-order valence-electron chi connectivity index (χ2n) is 5.14. The maximum absolute atomic E-state index is 11.5. The topological polar surface area (TPSA) is 40.6 Å². The van der Waals surface area contributed by atoms with Crippen molar-refractivity contribution in [2.45, 2.75) is 0 Å². The number of para-hydroxylation sites is 2. The molecule has 3 aromatic rings. The van der Waals surface area contributed by atoms with Gasteiger partial charge in [0.05, 0.1) is 0 Å². The largest absolute Gasteiger partial charge is 0.284 e. The Kier molecular flexibility index (Phi) is 4.68. The molecule has 0 bridgehead atoms. The van der Waals surface area contributed by atoms with Gasteiger partial charge in [0.25, 0.3) is 0 Å². The number of hydrogen-bond acceptors (Lipinski definition) is 2. The lowest BCUT2D eigenvalue weighted by molar-refractivity contribution is -0.107. The van der Waals surface area contributed by atoms with Gasteiger partial charge in [-0.15, -0.1) is 0 Å². The summed E-state index contributed by atoms with van der Waals surface area (Å²) in [6.45, 7) is 0. The summed E-state index contributed by atoms with van der Waals surface area (Å²) in [7, 11) is 0. The SMILES string of the molecule is O=CN(c1ccccc1)c1ccc(N(C=O)c2ccccc2)cc1. The van der Waals surface area contributed by atoms with Crippen molar-refractivity contribution in [3.63, 3.8) is 0 Å². The Balaban J connectivity index is 1.90. The summed E-state index contributed by atoms with van der Waals surface area (Å²) in [5.41, 5.74) is 3.05. The zero-order valence-corrected chi connectivity index (χ0v) is 12.9. The summed E-state index contributed by atoms with van der Waals surface area (Å²) in [5.74, 6) is 0. The number of amides is 2. The van der Waals surface area contributed by atoms with E-state index < -0.39 is 0 Å². The van der Waals surface area contributed by atoms with Gasteiger partial charge in [0.15, 0.2) is 0 Å². The van der Waals surface area contributed by atoms with E-state index in [9.17, 15) is 9.59 Å². The van der Waals surface area contributed by atoms with E-state index in [1.165, 1.54) is 0 Å². The van der Waals surface area contributed by atoms with Crippen molar-refractivity contribution >= 4 is 35.6 Å². The maximum Gasteiger partial charge on any atom is 0.218 e. The molecule has 4 heteroatoms. The normalized spacial score (nSPS) is 10.0. The lowest BCUT2D eigenvalue weighted by Gasteiger charge is -2.20. The van der Waals surface area contributed by atoms with Gasteiger partial charge in [-0.3, -0.25) is 19.4 Å². The van der Waals surface area contributed by atoms with Gasteiger partial charge < -0.3 is 0 Å². The fraction of sp³-hybridized carbons (Fsp3) is 0. The molecule has 24 heavy (non-hydrogen) atoms. The second-order valence-corrected chi connectivity index (χ2v) is 5.14. The lowest BCUT2D eigenvalue weighted by Crippen LogP contribution is -2.16. The number of rotatable bonds is 6. The van der Waals surface area contributed by atoms with Crippen LogP contribution in [-0.4, -0.2) is 12.8 Å². The van der Waals surface area contributed by atoms with Crippen molar-refractivity contribution in [1.29, 1.82) is 0 Å². The quantitative estimate of drug-likeness (QED) is 0.637. The Labute approximate surface area is 140 Å². The average molecular weight is 316 g/mol. The van der Waals surface area contributed by atoms with Crippen LogP contribution in [0.15, 0.2) is 84.9 Å². The lowest BCUT2D eigenvalue weighted by atomic mass is 10.2. The molecule has 0 saturated carbocycles. The van der Waals surface area contributed by atoms with Crippen molar-refractivity contribution in [3.8, 4) is 0 Å². The Hall–Kier alpha value is -3.40. The monoisotopic (exact) mass is 316 g/mol. The Morgan fingerprint density at radius 1 is 0.458 bits per heavy atom. The van der Waals surface area contributed by atoms with E-state index in [1.54, 1.807) is 9.80 Å². The van der Waals surface area contributed by atoms with E-state index in [0.29, 0.717) is 0 Å². The maximum atomic E-state index is 11.5. The third-order valence-corrected chi connectivity index (χ3v) is 3.69. The molecule has 0 fully saturated rings. The molecule has 4 nitrogen and oxygen atoms in total. The number of nitrogens with zero attached hydrogens (tertiary/aromatic N) is 2. The van der Waals surface area contributed by atoms with Crippen LogP contribution in [0, 0.1) is 0 Å². The summed E-state index contributed by atoms with van der Waals surface area (Å²) < 4.78 is 0. The van der Waals surface area contributed by atoms with E-state index in [-0.39, 0.29) is 0 Å². The molecule has 2 amide bonds. The van der Waals surface area contributed by atoms with Crippen LogP contribution in [0.2, 0.25) is 0 Å². The molecule has 0 N–H and O–H groups in total. The molecular weight excluding hydrogens is 300 g/mol. The number of carbonyl (C=O) groups excluding carboxylic acids is 2. The highest BCUT2D eigenvalue weighted by molar-refractivity contribution is 5.89. The smallest absolute Gasteiger partial charge is 0.218 e. The van der Waals surface area contributed by atoms with Crippen molar-refractivity contribution in [3.05, 3.63) is 84.9 Å². The van der Waals surface area contributed by atoms with Gasteiger partial charge in [0.1, 0.15) is 0 Å². The summed E-state index contributed by atoms with van der Waals surface area (Å²) in [5, 5.41) is 0. The van der Waals surface area contributed by atoms with E-state index in [1.807, 2.05) is 84.9 Å². The van der Waals surface area contributed by atoms with Crippen LogP contribution < -0.4 is 9.80 Å². The zero-order chi connectivity index (χ0) is 16.8. The van der Waals surface area contributed by atoms with Gasteiger partial charge >= 0.3 is 0 Å². The second kappa shape index (κ2) is 7.24. The van der Waals surface area contributed by atoms with Gasteiger partial charge in [-0.2, -0.15) is 0 Å². The summed E-state index contributed by atoms with van der Waals surface area (Å²) in [4.78, 5) is 26.0. The standard InChI is InChI=1S/C20H16N2O2/c23-15-21(17-7-3-1-4-8-17)19-11-13-20(14-12-19)22(16-24)18-9-5-2-6-10-18/h1-16H. The highest BCUT2D eigenvalue weighted by Gasteiger charge is 2.11. The highest BCUT2D eigenvalue weighted by Crippen LogP contribution is 2.28. The minimum absolute atomic E-state index is 0.735. The molecule has 118 valence electrons. The molecule has 0 heterocycles. The average Bonchev–Trinajstić information content (AvgIpc) is 2.66. The number of anilines is 4. The van der Waals surface area contributed by atoms with Crippen molar-refractivity contribution < 1.29 is 9.59 Å². The van der Waals surface area contributed by atoms with E-state index in [2.05, 4.69) is 0 Å². The molecule has 0 aromatic heterocycles. The van der Waals surface area contributed by atoms with Crippen molar-refractivity contribution in [2.24, 2.45) is 0 Å². The molecule has 0 spiro atoms. The van der Waals surface area contributed by atoms with Crippen molar-refractivity contribution in [1.82, 2.24) is 0 Å². The van der Waals surface area contributed by atoms with Crippen LogP contribution >= 0.6 is 0 Å². The number of benzene rings is 3. The van der Waals surface area contributed by atoms with Crippen molar-refractivity contribution in [2.75, 3.05) is 9.80 Å². The summed E-state index contributed by atoms with van der Waals surface area (Å²) in [6.07, 6.45) is 1.55. The predicted molar refractivity (Wildman–Crippen MR) is 95.7 cm³/mol. The molecule has 0 atom stereocenters. The van der Waals surface area contributed by atoms with Gasteiger partial charge in [-0.05, 0) is 48.5 Å². The molecule has 3 aromatic carbocycles. The Morgan fingerprint density at radius 3 is 1.04 bits per heavy atom. The first kappa shape index (κ1) is 15.5. The Bertz CT molecular complexity index is 732. The Morgan fingerprint density at radius 2 is 0.750 bits per heavy atom. The fourth-order valence-electron chi connectivity index (χ4n) is 2.49. The minimum atomic E-state index is 0.735. The number of hydrogen-bond donors (Lipinski definition) is 0. The summed E-state index contributed by atoms with van der Waals surface area (Å²) in [6, 6.07) is 26.0. The van der Waals surface area contributed by atoms with Gasteiger partial charge in [-0.1, -0.05) is 36.4 Å². The third-order valence-electron chi connectivity index (χ3n) is 3.69. The molecule has 0 aliphatic rings. The summed E-state index contributed by atoms with van der Waals surface area (Å²) >= 11 is 0. The van der Waals surface area contributed by atoms with Gasteiger partial charge in [-0.25, -0.2) is 0 Å². The fourth-order valence-corrected chi connectivity index (χ4v) is 2.49. The van der Waals surface area contributed by atoms with Crippen LogP contribution in [0.3, 0.4) is 0 Å². The first-order valence-electron chi connectivity index (χ1n) is 7.52. The van der Waals surface area contributed by atoms with Crippen LogP contribution in [0.4, 0.5) is 22.7 Å². The van der Waals surface area contributed by atoms with E-state index >= 15 is 0 Å². The van der Waals surface area contributed by atoms with Gasteiger partial charge in [0, 0.05) is 22.7 Å². The van der Waals surface area contributed by atoms with Crippen LogP contribution in [0.5, 0.6) is 0 Å². The molecule has 0 aliphatic heterocycles. The van der Waals surface area contributed by atoms with Crippen LogP contribution in [0.25, 0.3) is 0 Å². The predicted octanol–water partition coefficient (Wildman–Crippen LogP) is 4.28. The number of carbonyl (C=O) groups is 2. The molecule has 0 unspecified atom stereocenters. The highest BCUT2D eigenvalue weighted by atomic mass is 16.1. The zero-order valence-electron chi connectivity index (χ0n) is 12.9. The van der Waals surface area contributed by atoms with Crippen LogP contribution in [-0.2, 0) is 9.59 Å². The molecule has 0 saturated heterocycles. The molecule has 3 rings (SSSR count). The van der Waals surface area contributed by atoms with Crippen LogP contribution in [0.1, 0.15) is 0 Å². The molecule has 0 radical (unpaired) electrons. The van der Waals surface area contributed by atoms with E-state index in [4.69, 9.17) is 0 Å².